The van der Waals surface area contributed by atoms with Crippen LogP contribution in [0.3, 0.4) is 0 Å². The molecule has 0 saturated carbocycles. The van der Waals surface area contributed by atoms with Crippen molar-refractivity contribution in [3.8, 4) is 0 Å². The molecule has 0 radical (unpaired) electrons. The van der Waals surface area contributed by atoms with Gasteiger partial charge in [-0.15, -0.1) is 0 Å². The van der Waals surface area contributed by atoms with Crippen LogP contribution in [0.5, 0.6) is 0 Å². The molecule has 0 aromatic carbocycles. The summed E-state index contributed by atoms with van der Waals surface area (Å²) in [6.45, 7) is 3.05. The van der Waals surface area contributed by atoms with Gasteiger partial charge in [-0.3, -0.25) is 5.32 Å². The number of rotatable bonds is 2. The van der Waals surface area contributed by atoms with Gasteiger partial charge in [0.2, 0.25) is 0 Å². The van der Waals surface area contributed by atoms with Crippen molar-refractivity contribution in [1.82, 2.24) is 16.0 Å². The van der Waals surface area contributed by atoms with E-state index in [0.717, 1.165) is 45.3 Å². The number of carbonyl (C=O) groups is 1. The molecule has 5 nitrogen and oxygen atoms in total. The average Bonchev–Trinajstić information content (AvgIpc) is 2.30. The Kier molecular flexibility index (Phi) is 3.66. The first kappa shape index (κ1) is 11.7. The van der Waals surface area contributed by atoms with Crippen molar-refractivity contribution in [2.24, 2.45) is 11.7 Å². The lowest BCUT2D eigenvalue weighted by Gasteiger charge is -2.46. The van der Waals surface area contributed by atoms with E-state index in [1.165, 1.54) is 6.42 Å². The summed E-state index contributed by atoms with van der Waals surface area (Å²) >= 11 is 0. The first-order valence-corrected chi connectivity index (χ1v) is 6.26. The second-order valence-electron chi connectivity index (χ2n) is 4.87. The number of urea groups is 1. The van der Waals surface area contributed by atoms with Crippen LogP contribution < -0.4 is 21.7 Å². The maximum absolute atomic E-state index is 11.2. The number of primary amides is 1. The van der Waals surface area contributed by atoms with Crippen LogP contribution in [-0.4, -0.2) is 31.3 Å². The second-order valence-corrected chi connectivity index (χ2v) is 4.87. The van der Waals surface area contributed by atoms with Crippen LogP contribution >= 0.6 is 0 Å². The van der Waals surface area contributed by atoms with E-state index in [9.17, 15) is 4.79 Å². The molecule has 0 aliphatic carbocycles. The van der Waals surface area contributed by atoms with Gasteiger partial charge in [0, 0.05) is 0 Å². The van der Waals surface area contributed by atoms with Crippen molar-refractivity contribution in [2.75, 3.05) is 19.6 Å². The number of piperidine rings is 2. The molecule has 92 valence electrons. The predicted octanol–water partition coefficient (Wildman–Crippen LogP) is 0.124. The molecule has 0 aromatic rings. The number of hydrogen-bond donors (Lipinski definition) is 4. The van der Waals surface area contributed by atoms with Crippen molar-refractivity contribution >= 4 is 6.03 Å². The zero-order valence-electron chi connectivity index (χ0n) is 9.72. The number of nitrogens with one attached hydrogen (secondary N) is 3. The summed E-state index contributed by atoms with van der Waals surface area (Å²) < 4.78 is 0. The topological polar surface area (TPSA) is 79.2 Å². The monoisotopic (exact) mass is 226 g/mol. The lowest BCUT2D eigenvalue weighted by atomic mass is 9.79. The van der Waals surface area contributed by atoms with Crippen LogP contribution in [0.4, 0.5) is 4.79 Å². The highest BCUT2D eigenvalue weighted by Gasteiger charge is 2.40. The van der Waals surface area contributed by atoms with Crippen LogP contribution in [-0.2, 0) is 0 Å². The van der Waals surface area contributed by atoms with Gasteiger partial charge >= 0.3 is 6.03 Å². The Morgan fingerprint density at radius 1 is 1.25 bits per heavy atom. The summed E-state index contributed by atoms with van der Waals surface area (Å²) in [5, 5.41) is 9.81. The molecule has 1 atom stereocenters. The third-order valence-electron chi connectivity index (χ3n) is 3.82. The molecular formula is C11H22N4O. The minimum absolute atomic E-state index is 0.244. The van der Waals surface area contributed by atoms with E-state index in [1.54, 1.807) is 0 Å². The number of carbonyl (C=O) groups excluding carboxylic acids is 1. The Morgan fingerprint density at radius 3 is 2.56 bits per heavy atom. The maximum Gasteiger partial charge on any atom is 0.313 e. The summed E-state index contributed by atoms with van der Waals surface area (Å²) in [5.41, 5.74) is 5.07. The van der Waals surface area contributed by atoms with Crippen molar-refractivity contribution in [3.63, 3.8) is 0 Å². The van der Waals surface area contributed by atoms with Gasteiger partial charge < -0.3 is 16.4 Å². The summed E-state index contributed by atoms with van der Waals surface area (Å²) in [5.74, 6) is 0.501. The summed E-state index contributed by atoms with van der Waals surface area (Å²) in [6.07, 6.45) is 5.56. The standard InChI is InChI=1S/C11H22N4O/c12-10(16)15-11(5-1-2-6-14-11)9-3-7-13-8-4-9/h9,13-14H,1-8H2,(H3,12,15,16). The third-order valence-corrected chi connectivity index (χ3v) is 3.82. The molecule has 0 aromatic heterocycles. The molecule has 16 heavy (non-hydrogen) atoms. The molecule has 2 rings (SSSR count). The highest BCUT2D eigenvalue weighted by Crippen LogP contribution is 2.30. The Labute approximate surface area is 96.5 Å². The zero-order chi connectivity index (χ0) is 11.4. The quantitative estimate of drug-likeness (QED) is 0.540. The number of amides is 2. The van der Waals surface area contributed by atoms with E-state index in [2.05, 4.69) is 16.0 Å². The largest absolute Gasteiger partial charge is 0.352 e. The normalized spacial score (nSPS) is 32.2. The van der Waals surface area contributed by atoms with Gasteiger partial charge in [-0.25, -0.2) is 4.79 Å². The fourth-order valence-electron chi connectivity index (χ4n) is 3.02. The fourth-order valence-corrected chi connectivity index (χ4v) is 3.02. The molecule has 2 heterocycles. The fraction of sp³-hybridized carbons (Fsp3) is 0.909. The van der Waals surface area contributed by atoms with Gasteiger partial charge in [-0.1, -0.05) is 0 Å². The molecular weight excluding hydrogens is 204 g/mol. The Morgan fingerprint density at radius 2 is 2.00 bits per heavy atom. The maximum atomic E-state index is 11.2. The molecule has 5 N–H and O–H groups in total. The molecule has 2 aliphatic rings. The second kappa shape index (κ2) is 5.01. The smallest absolute Gasteiger partial charge is 0.313 e. The van der Waals surface area contributed by atoms with Crippen molar-refractivity contribution in [1.29, 1.82) is 0 Å². The molecule has 2 amide bonds. The summed E-state index contributed by atoms with van der Waals surface area (Å²) in [6, 6.07) is -0.409. The molecule has 0 bridgehead atoms. The molecule has 1 unspecified atom stereocenters. The van der Waals surface area contributed by atoms with Gasteiger partial charge in [0.1, 0.15) is 0 Å². The van der Waals surface area contributed by atoms with E-state index in [4.69, 9.17) is 5.73 Å². The number of hydrogen-bond acceptors (Lipinski definition) is 3. The summed E-state index contributed by atoms with van der Waals surface area (Å²) in [7, 11) is 0. The van der Waals surface area contributed by atoms with E-state index in [0.29, 0.717) is 5.92 Å². The minimum Gasteiger partial charge on any atom is -0.352 e. The summed E-state index contributed by atoms with van der Waals surface area (Å²) in [4.78, 5) is 11.2. The van der Waals surface area contributed by atoms with Gasteiger partial charge in [-0.05, 0) is 57.7 Å². The lowest BCUT2D eigenvalue weighted by molar-refractivity contribution is 0.103. The van der Waals surface area contributed by atoms with E-state index in [1.807, 2.05) is 0 Å². The van der Waals surface area contributed by atoms with Crippen LogP contribution in [0.2, 0.25) is 0 Å². The highest BCUT2D eigenvalue weighted by molar-refractivity contribution is 5.72. The zero-order valence-corrected chi connectivity index (χ0v) is 9.72. The molecule has 2 aliphatic heterocycles. The minimum atomic E-state index is -0.409. The van der Waals surface area contributed by atoms with Crippen molar-refractivity contribution < 1.29 is 4.79 Å². The van der Waals surface area contributed by atoms with Gasteiger partial charge in [0.05, 0.1) is 5.66 Å². The van der Waals surface area contributed by atoms with E-state index < -0.39 is 6.03 Å². The van der Waals surface area contributed by atoms with Gasteiger partial charge in [0.15, 0.2) is 0 Å². The number of nitrogens with two attached hydrogens (primary N) is 1. The lowest BCUT2D eigenvalue weighted by Crippen LogP contribution is -2.67. The first-order valence-electron chi connectivity index (χ1n) is 6.26. The Bertz CT molecular complexity index is 244. The molecule has 0 spiro atoms. The Balaban J connectivity index is 2.07. The van der Waals surface area contributed by atoms with Crippen LogP contribution in [0.1, 0.15) is 32.1 Å². The van der Waals surface area contributed by atoms with Gasteiger partial charge in [-0.2, -0.15) is 0 Å². The molecule has 5 heteroatoms. The molecule has 2 saturated heterocycles. The van der Waals surface area contributed by atoms with Gasteiger partial charge in [0.25, 0.3) is 0 Å². The predicted molar refractivity (Wildman–Crippen MR) is 62.9 cm³/mol. The molecule has 2 fully saturated rings. The van der Waals surface area contributed by atoms with Crippen LogP contribution in [0.15, 0.2) is 0 Å². The van der Waals surface area contributed by atoms with Crippen molar-refractivity contribution in [2.45, 2.75) is 37.8 Å². The van der Waals surface area contributed by atoms with Crippen LogP contribution in [0.25, 0.3) is 0 Å². The SMILES string of the molecule is NC(=O)NC1(C2CCNCC2)CCCCN1. The average molecular weight is 226 g/mol. The van der Waals surface area contributed by atoms with E-state index in [-0.39, 0.29) is 5.66 Å². The highest BCUT2D eigenvalue weighted by atomic mass is 16.2. The first-order chi connectivity index (χ1) is 7.73. The van der Waals surface area contributed by atoms with Crippen LogP contribution in [0, 0.1) is 5.92 Å². The van der Waals surface area contributed by atoms with E-state index >= 15 is 0 Å². The van der Waals surface area contributed by atoms with Crippen molar-refractivity contribution in [3.05, 3.63) is 0 Å². The Hall–Kier alpha value is -0.810. The third kappa shape index (κ3) is 2.47.